The van der Waals surface area contributed by atoms with E-state index in [2.05, 4.69) is 22.5 Å². The molecule has 0 saturated heterocycles. The Bertz CT molecular complexity index is 67.5. The lowest BCUT2D eigenvalue weighted by molar-refractivity contribution is -0.159. The summed E-state index contributed by atoms with van der Waals surface area (Å²) in [5, 5.41) is 10.2. The molecular formula is C3H8N3O2-. The predicted molar refractivity (Wildman–Crippen MR) is 28.7 cm³/mol. The van der Waals surface area contributed by atoms with Crippen LogP contribution in [-0.2, 0) is 4.94 Å². The smallest absolute Gasteiger partial charge is 0.00966 e. The van der Waals surface area contributed by atoms with E-state index in [0.717, 1.165) is 6.20 Å². The first-order chi connectivity index (χ1) is 3.81. The van der Waals surface area contributed by atoms with Gasteiger partial charge in [0.05, 0.1) is 0 Å². The quantitative estimate of drug-likeness (QED) is 0.487. The highest BCUT2D eigenvalue weighted by Gasteiger charge is 1.75. The number of hydrogen-bond acceptors (Lipinski definition) is 5. The van der Waals surface area contributed by atoms with E-state index in [1.165, 1.54) is 0 Å². The minimum absolute atomic E-state index is 0.177. The maximum absolute atomic E-state index is 10.0. The van der Waals surface area contributed by atoms with Crippen molar-refractivity contribution in [3.63, 3.8) is 0 Å². The number of nitrogens with one attached hydrogen (secondary N) is 2. The van der Waals surface area contributed by atoms with Crippen molar-refractivity contribution >= 4 is 0 Å². The molecule has 0 aliphatic rings. The van der Waals surface area contributed by atoms with Crippen molar-refractivity contribution in [3.05, 3.63) is 18.0 Å². The number of hydroxylamine groups is 2. The zero-order chi connectivity index (χ0) is 6.41. The molecule has 0 saturated carbocycles. The SMILES string of the molecule is C=CN([O-])ONNC. The highest BCUT2D eigenvalue weighted by Crippen LogP contribution is 1.77. The molecule has 8 heavy (non-hydrogen) atoms. The lowest BCUT2D eigenvalue weighted by Crippen LogP contribution is -2.32. The number of rotatable bonds is 4. The average molecular weight is 118 g/mol. The second-order valence-corrected chi connectivity index (χ2v) is 0.911. The van der Waals surface area contributed by atoms with E-state index < -0.39 is 0 Å². The van der Waals surface area contributed by atoms with Crippen LogP contribution in [0.25, 0.3) is 0 Å². The predicted octanol–water partition coefficient (Wildman–Crippen LogP) is -0.500. The van der Waals surface area contributed by atoms with Crippen LogP contribution in [0.15, 0.2) is 12.8 Å². The molecule has 48 valence electrons. The Labute approximate surface area is 47.4 Å². The van der Waals surface area contributed by atoms with Crippen molar-refractivity contribution in [3.8, 4) is 0 Å². The molecule has 0 aromatic carbocycles. The van der Waals surface area contributed by atoms with Gasteiger partial charge < -0.3 is 10.4 Å². The summed E-state index contributed by atoms with van der Waals surface area (Å²) in [6.45, 7) is 3.13. The van der Waals surface area contributed by atoms with Gasteiger partial charge in [0.2, 0.25) is 0 Å². The number of hydrazine groups is 1. The summed E-state index contributed by atoms with van der Waals surface area (Å²) in [6.07, 6.45) is 0.977. The maximum Gasteiger partial charge on any atom is 0.00966 e. The fraction of sp³-hybridized carbons (Fsp3) is 0.333. The summed E-state index contributed by atoms with van der Waals surface area (Å²) in [5.74, 6) is 0. The van der Waals surface area contributed by atoms with Gasteiger partial charge in [0, 0.05) is 13.2 Å². The van der Waals surface area contributed by atoms with Crippen molar-refractivity contribution in [2.75, 3.05) is 7.05 Å². The van der Waals surface area contributed by atoms with Crippen LogP contribution in [0.1, 0.15) is 0 Å². The van der Waals surface area contributed by atoms with Gasteiger partial charge in [-0.1, -0.05) is 6.58 Å². The molecule has 0 aliphatic heterocycles. The topological polar surface area (TPSA) is 59.6 Å². The fourth-order valence-corrected chi connectivity index (χ4v) is 0.128. The van der Waals surface area contributed by atoms with Gasteiger partial charge in [-0.05, 0) is 0 Å². The minimum Gasteiger partial charge on any atom is -0.732 e. The summed E-state index contributed by atoms with van der Waals surface area (Å²) < 4.78 is 0. The van der Waals surface area contributed by atoms with Gasteiger partial charge in [-0.25, -0.2) is 5.43 Å². The molecule has 5 nitrogen and oxygen atoms in total. The van der Waals surface area contributed by atoms with Crippen molar-refractivity contribution in [1.29, 1.82) is 0 Å². The Morgan fingerprint density at radius 3 is 2.88 bits per heavy atom. The highest BCUT2D eigenvalue weighted by atomic mass is 17.0. The molecule has 0 unspecified atom stereocenters. The van der Waals surface area contributed by atoms with E-state index in [0.29, 0.717) is 0 Å². The maximum atomic E-state index is 10.0. The Kier molecular flexibility index (Phi) is 4.19. The van der Waals surface area contributed by atoms with E-state index in [-0.39, 0.29) is 5.23 Å². The van der Waals surface area contributed by atoms with Gasteiger partial charge in [-0.15, -0.1) is 5.59 Å². The Morgan fingerprint density at radius 1 is 1.88 bits per heavy atom. The average Bonchev–Trinajstić information content (AvgIpc) is 1.83. The van der Waals surface area contributed by atoms with Crippen molar-refractivity contribution in [1.82, 2.24) is 16.2 Å². The molecule has 5 heteroatoms. The van der Waals surface area contributed by atoms with Crippen LogP contribution in [0, 0.1) is 5.21 Å². The molecule has 0 aliphatic carbocycles. The monoisotopic (exact) mass is 118 g/mol. The molecule has 0 bridgehead atoms. The first-order valence-corrected chi connectivity index (χ1v) is 1.99. The largest absolute Gasteiger partial charge is 0.732 e. The van der Waals surface area contributed by atoms with E-state index in [9.17, 15) is 5.21 Å². The normalized spacial score (nSPS) is 8.75. The van der Waals surface area contributed by atoms with Crippen LogP contribution < -0.4 is 11.0 Å². The minimum atomic E-state index is 0.177. The van der Waals surface area contributed by atoms with Crippen LogP contribution in [0.4, 0.5) is 0 Å². The van der Waals surface area contributed by atoms with Gasteiger partial charge in [0.15, 0.2) is 0 Å². The van der Waals surface area contributed by atoms with Crippen molar-refractivity contribution in [2.24, 2.45) is 0 Å². The van der Waals surface area contributed by atoms with Gasteiger partial charge in [0.25, 0.3) is 0 Å². The van der Waals surface area contributed by atoms with Gasteiger partial charge in [-0.2, -0.15) is 4.94 Å². The highest BCUT2D eigenvalue weighted by molar-refractivity contribution is 4.60. The molecular weight excluding hydrogens is 110 g/mol. The molecule has 0 aromatic heterocycles. The second kappa shape index (κ2) is 4.54. The summed E-state index contributed by atoms with van der Waals surface area (Å²) in [6, 6.07) is 0. The fourth-order valence-electron chi connectivity index (χ4n) is 0.128. The van der Waals surface area contributed by atoms with Crippen LogP contribution in [0.2, 0.25) is 0 Å². The second-order valence-electron chi connectivity index (χ2n) is 0.911. The Balaban J connectivity index is 2.98. The van der Waals surface area contributed by atoms with Gasteiger partial charge >= 0.3 is 0 Å². The molecule has 0 spiro atoms. The van der Waals surface area contributed by atoms with E-state index in [4.69, 9.17) is 0 Å². The molecule has 0 radical (unpaired) electrons. The standard InChI is InChI=1S/C3H8N3O2/c1-3-6(7)8-5-4-2/h3-5H,1H2,2H3/q-1. The summed E-state index contributed by atoms with van der Waals surface area (Å²) in [4.78, 5) is 4.14. The molecule has 2 N–H and O–H groups in total. The number of nitrogens with zero attached hydrogens (tertiary/aromatic N) is 1. The van der Waals surface area contributed by atoms with Crippen molar-refractivity contribution in [2.45, 2.75) is 0 Å². The Hall–Kier alpha value is -0.620. The summed E-state index contributed by atoms with van der Waals surface area (Å²) in [7, 11) is 1.57. The number of hydrogen-bond donors (Lipinski definition) is 2. The van der Waals surface area contributed by atoms with Gasteiger partial charge in [0.1, 0.15) is 0 Å². The zero-order valence-electron chi connectivity index (χ0n) is 4.55. The molecule has 0 aromatic rings. The van der Waals surface area contributed by atoms with Crippen molar-refractivity contribution < 1.29 is 4.94 Å². The first kappa shape index (κ1) is 7.38. The third-order valence-corrected chi connectivity index (χ3v) is 0.387. The lowest BCUT2D eigenvalue weighted by atomic mass is 11.1. The molecule has 0 atom stereocenters. The lowest BCUT2D eigenvalue weighted by Gasteiger charge is -2.22. The summed E-state index contributed by atoms with van der Waals surface area (Å²) >= 11 is 0. The molecule has 0 fully saturated rings. The van der Waals surface area contributed by atoms with Gasteiger partial charge in [-0.3, -0.25) is 0 Å². The molecule has 0 rings (SSSR count). The van der Waals surface area contributed by atoms with E-state index in [1.54, 1.807) is 7.05 Å². The van der Waals surface area contributed by atoms with Crippen LogP contribution in [0.5, 0.6) is 0 Å². The first-order valence-electron chi connectivity index (χ1n) is 1.99. The molecule has 0 heterocycles. The van der Waals surface area contributed by atoms with E-state index >= 15 is 0 Å². The van der Waals surface area contributed by atoms with E-state index in [1.807, 2.05) is 0 Å². The molecule has 0 amide bonds. The Morgan fingerprint density at radius 2 is 2.50 bits per heavy atom. The van der Waals surface area contributed by atoms with Crippen LogP contribution in [0.3, 0.4) is 0 Å². The third-order valence-electron chi connectivity index (χ3n) is 0.387. The van der Waals surface area contributed by atoms with Crippen LogP contribution >= 0.6 is 0 Å². The summed E-state index contributed by atoms with van der Waals surface area (Å²) in [5.41, 5.74) is 4.46. The third kappa shape index (κ3) is 3.57. The zero-order valence-corrected chi connectivity index (χ0v) is 4.55. The van der Waals surface area contributed by atoms with Crippen LogP contribution in [-0.4, -0.2) is 12.3 Å².